The summed E-state index contributed by atoms with van der Waals surface area (Å²) in [6, 6.07) is 4.78. The number of aliphatic hydroxyl groups is 1. The molecule has 27 heavy (non-hydrogen) atoms. The maximum atomic E-state index is 12.6. The first kappa shape index (κ1) is 19.5. The summed E-state index contributed by atoms with van der Waals surface area (Å²) >= 11 is 0. The molecule has 1 atom stereocenters. The normalized spacial score (nSPS) is 18.7. The van der Waals surface area contributed by atoms with Crippen LogP contribution in [0.4, 0.5) is 0 Å². The van der Waals surface area contributed by atoms with Crippen molar-refractivity contribution in [3.05, 3.63) is 23.8 Å². The highest BCUT2D eigenvalue weighted by molar-refractivity contribution is 5.97. The fraction of sp³-hybridized carbons (Fsp3) is 0.600. The second kappa shape index (κ2) is 8.61. The number of nitrogens with one attached hydrogen (secondary N) is 1. The van der Waals surface area contributed by atoms with Crippen LogP contribution in [0, 0.1) is 5.92 Å². The van der Waals surface area contributed by atoms with E-state index in [1.54, 1.807) is 32.2 Å². The Morgan fingerprint density at radius 2 is 1.96 bits per heavy atom. The van der Waals surface area contributed by atoms with Crippen molar-refractivity contribution < 1.29 is 24.2 Å². The number of likely N-dealkylation sites (tertiary alicyclic amines) is 1. The molecule has 2 fully saturated rings. The van der Waals surface area contributed by atoms with Crippen molar-refractivity contribution in [3.8, 4) is 11.5 Å². The van der Waals surface area contributed by atoms with Gasteiger partial charge in [0.05, 0.1) is 19.3 Å². The molecule has 1 aliphatic carbocycles. The van der Waals surface area contributed by atoms with Crippen LogP contribution in [0.2, 0.25) is 0 Å². The van der Waals surface area contributed by atoms with Crippen molar-refractivity contribution in [2.75, 3.05) is 26.8 Å². The highest BCUT2D eigenvalue weighted by Gasteiger charge is 2.35. The third kappa shape index (κ3) is 4.91. The number of aliphatic hydroxyl groups excluding tert-OH is 1. The van der Waals surface area contributed by atoms with Crippen molar-refractivity contribution in [2.24, 2.45) is 5.92 Å². The number of carbonyl (C=O) groups is 2. The molecular formula is C20H28N2O5. The Labute approximate surface area is 159 Å². The number of hydrogen-bond donors (Lipinski definition) is 2. The Kier molecular flexibility index (Phi) is 6.21. The topological polar surface area (TPSA) is 88.1 Å². The summed E-state index contributed by atoms with van der Waals surface area (Å²) in [4.78, 5) is 26.7. The Hall–Kier alpha value is -2.28. The molecule has 1 heterocycles. The highest BCUT2D eigenvalue weighted by atomic mass is 16.5. The van der Waals surface area contributed by atoms with Gasteiger partial charge in [-0.05, 0) is 38.0 Å². The molecular weight excluding hydrogens is 348 g/mol. The molecule has 2 aliphatic rings. The van der Waals surface area contributed by atoms with Gasteiger partial charge >= 0.3 is 0 Å². The molecule has 1 aromatic carbocycles. The minimum atomic E-state index is -0.353. The fourth-order valence-corrected chi connectivity index (χ4v) is 3.23. The first-order valence-corrected chi connectivity index (χ1v) is 9.57. The molecule has 7 nitrogen and oxygen atoms in total. The molecule has 1 saturated heterocycles. The number of rotatable bonds is 7. The van der Waals surface area contributed by atoms with Crippen LogP contribution in [0.25, 0.3) is 0 Å². The summed E-state index contributed by atoms with van der Waals surface area (Å²) in [5.41, 5.74) is 0.381. The number of hydrogen-bond acceptors (Lipinski definition) is 5. The van der Waals surface area contributed by atoms with Crippen molar-refractivity contribution >= 4 is 11.8 Å². The quantitative estimate of drug-likeness (QED) is 0.754. The van der Waals surface area contributed by atoms with Gasteiger partial charge in [0.2, 0.25) is 5.91 Å². The summed E-state index contributed by atoms with van der Waals surface area (Å²) in [6.45, 7) is 2.98. The van der Waals surface area contributed by atoms with E-state index in [1.807, 2.05) is 4.90 Å². The first-order valence-electron chi connectivity index (χ1n) is 9.57. The van der Waals surface area contributed by atoms with Gasteiger partial charge in [-0.15, -0.1) is 0 Å². The van der Waals surface area contributed by atoms with Gasteiger partial charge in [0.15, 0.2) is 0 Å². The van der Waals surface area contributed by atoms with E-state index in [9.17, 15) is 14.7 Å². The molecule has 0 spiro atoms. The number of nitrogens with zero attached hydrogens (tertiary/aromatic N) is 1. The van der Waals surface area contributed by atoms with E-state index >= 15 is 0 Å². The second-order valence-electron chi connectivity index (χ2n) is 7.34. The van der Waals surface area contributed by atoms with Crippen LogP contribution >= 0.6 is 0 Å². The van der Waals surface area contributed by atoms with E-state index in [2.05, 4.69) is 5.32 Å². The molecule has 2 amide bonds. The zero-order chi connectivity index (χ0) is 19.4. The van der Waals surface area contributed by atoms with Gasteiger partial charge in [-0.25, -0.2) is 0 Å². The molecule has 3 rings (SSSR count). The largest absolute Gasteiger partial charge is 0.497 e. The predicted octanol–water partition coefficient (Wildman–Crippen LogP) is 1.59. The van der Waals surface area contributed by atoms with Gasteiger partial charge in [-0.1, -0.05) is 0 Å². The van der Waals surface area contributed by atoms with Gasteiger partial charge in [0.25, 0.3) is 5.91 Å². The molecule has 1 saturated carbocycles. The Morgan fingerprint density at radius 1 is 1.26 bits per heavy atom. The molecule has 1 aromatic rings. The van der Waals surface area contributed by atoms with E-state index in [4.69, 9.17) is 9.47 Å². The van der Waals surface area contributed by atoms with Gasteiger partial charge in [-0.2, -0.15) is 0 Å². The van der Waals surface area contributed by atoms with E-state index in [0.29, 0.717) is 30.2 Å². The maximum Gasteiger partial charge on any atom is 0.255 e. The van der Waals surface area contributed by atoms with Crippen LogP contribution in [0.1, 0.15) is 43.0 Å². The predicted molar refractivity (Wildman–Crippen MR) is 100.0 cm³/mol. The Bertz CT molecular complexity index is 681. The summed E-state index contributed by atoms with van der Waals surface area (Å²) in [7, 11) is 1.54. The Morgan fingerprint density at radius 3 is 2.56 bits per heavy atom. The van der Waals surface area contributed by atoms with E-state index in [0.717, 1.165) is 25.7 Å². The average molecular weight is 376 g/mol. The lowest BCUT2D eigenvalue weighted by Crippen LogP contribution is -2.42. The van der Waals surface area contributed by atoms with Gasteiger partial charge in [-0.3, -0.25) is 9.59 Å². The van der Waals surface area contributed by atoms with Gasteiger partial charge < -0.3 is 24.8 Å². The number of methoxy groups -OCH3 is 1. The first-order chi connectivity index (χ1) is 13.0. The molecule has 7 heteroatoms. The third-order valence-corrected chi connectivity index (χ3v) is 5.06. The minimum Gasteiger partial charge on any atom is -0.497 e. The van der Waals surface area contributed by atoms with Crippen molar-refractivity contribution in [1.82, 2.24) is 10.2 Å². The van der Waals surface area contributed by atoms with Crippen molar-refractivity contribution in [3.63, 3.8) is 0 Å². The average Bonchev–Trinajstić information content (AvgIpc) is 3.53. The number of benzene rings is 1. The summed E-state index contributed by atoms with van der Waals surface area (Å²) in [5.74, 6) is 1.26. The van der Waals surface area contributed by atoms with E-state index in [1.165, 1.54) is 0 Å². The van der Waals surface area contributed by atoms with Crippen molar-refractivity contribution in [1.29, 1.82) is 0 Å². The maximum absolute atomic E-state index is 12.6. The zero-order valence-corrected chi connectivity index (χ0v) is 15.9. The van der Waals surface area contributed by atoms with E-state index in [-0.39, 0.29) is 36.5 Å². The van der Waals surface area contributed by atoms with Crippen LogP contribution in [-0.4, -0.2) is 60.8 Å². The lowest BCUT2D eigenvalue weighted by Gasteiger charge is -2.32. The van der Waals surface area contributed by atoms with Crippen LogP contribution in [0.3, 0.4) is 0 Å². The summed E-state index contributed by atoms with van der Waals surface area (Å²) < 4.78 is 11.3. The van der Waals surface area contributed by atoms with Crippen LogP contribution < -0.4 is 14.8 Å². The third-order valence-electron chi connectivity index (χ3n) is 5.06. The molecule has 148 valence electrons. The molecule has 1 aliphatic heterocycles. The summed E-state index contributed by atoms with van der Waals surface area (Å²) in [5, 5.41) is 11.9. The van der Waals surface area contributed by atoms with Gasteiger partial charge in [0, 0.05) is 37.9 Å². The minimum absolute atomic E-state index is 0.0385. The fourth-order valence-electron chi connectivity index (χ4n) is 3.23. The number of piperidine rings is 1. The van der Waals surface area contributed by atoms with Crippen LogP contribution in [-0.2, 0) is 4.79 Å². The molecule has 2 N–H and O–H groups in total. The Balaban J connectivity index is 1.65. The number of amides is 2. The second-order valence-corrected chi connectivity index (χ2v) is 7.34. The molecule has 0 aromatic heterocycles. The SMILES string of the molecule is COc1ccc(OC2CCN(C(=O)C3CC3)CC2)c(C(=O)N[C@H](C)CO)c1. The highest BCUT2D eigenvalue weighted by Crippen LogP contribution is 2.32. The van der Waals surface area contributed by atoms with Crippen LogP contribution in [0.15, 0.2) is 18.2 Å². The van der Waals surface area contributed by atoms with Crippen molar-refractivity contribution in [2.45, 2.75) is 44.8 Å². The smallest absolute Gasteiger partial charge is 0.255 e. The number of carbonyl (C=O) groups excluding carboxylic acids is 2. The molecule has 0 bridgehead atoms. The standard InChI is InChI=1S/C20H28N2O5/c1-13(12-23)21-19(24)17-11-16(26-2)5-6-18(17)27-15-7-9-22(10-8-15)20(25)14-3-4-14/h5-6,11,13-15,23H,3-4,7-10,12H2,1-2H3,(H,21,24)/t13-/m1/s1. The number of ether oxygens (including phenoxy) is 2. The van der Waals surface area contributed by atoms with E-state index < -0.39 is 0 Å². The molecule has 0 radical (unpaired) electrons. The zero-order valence-electron chi connectivity index (χ0n) is 15.9. The summed E-state index contributed by atoms with van der Waals surface area (Å²) in [6.07, 6.45) is 3.50. The lowest BCUT2D eigenvalue weighted by molar-refractivity contribution is -0.134. The monoisotopic (exact) mass is 376 g/mol. The lowest BCUT2D eigenvalue weighted by atomic mass is 10.1. The van der Waals surface area contributed by atoms with Crippen LogP contribution in [0.5, 0.6) is 11.5 Å². The van der Waals surface area contributed by atoms with Gasteiger partial charge in [0.1, 0.15) is 17.6 Å². The molecule has 0 unspecified atom stereocenters.